The summed E-state index contributed by atoms with van der Waals surface area (Å²) in [6.45, 7) is 0. The number of hydrogen-bond acceptors (Lipinski definition) is 11. The maximum absolute atomic E-state index is 9.44. The molecule has 6 N–H and O–H groups in total. The van der Waals surface area contributed by atoms with E-state index in [1.54, 1.807) is 18.3 Å². The number of rotatable bonds is 4. The van der Waals surface area contributed by atoms with E-state index in [9.17, 15) is 5.26 Å². The third-order valence-corrected chi connectivity index (χ3v) is 4.38. The van der Waals surface area contributed by atoms with Gasteiger partial charge in [0, 0.05) is 17.7 Å². The Kier molecular flexibility index (Phi) is 5.15. The third-order valence-electron chi connectivity index (χ3n) is 4.38. The van der Waals surface area contributed by atoms with Crippen LogP contribution in [0.15, 0.2) is 17.1 Å². The van der Waals surface area contributed by atoms with Crippen LogP contribution in [0.25, 0.3) is 0 Å². The number of nitrogens with two attached hydrogens (primary N) is 2. The number of aromatic nitrogens is 1. The lowest BCUT2D eigenvalue weighted by Crippen LogP contribution is -2.33. The lowest BCUT2D eigenvalue weighted by atomic mass is 9.93. The van der Waals surface area contributed by atoms with Gasteiger partial charge in [-0.05, 0) is 0 Å². The number of anilines is 3. The van der Waals surface area contributed by atoms with Crippen LogP contribution in [-0.4, -0.2) is 32.3 Å². The zero-order chi connectivity index (χ0) is 21.1. The zero-order valence-corrected chi connectivity index (χ0v) is 15.9. The Balaban J connectivity index is 2.36. The second kappa shape index (κ2) is 7.70. The Morgan fingerprint density at radius 2 is 1.72 bits per heavy atom. The lowest BCUT2D eigenvalue weighted by molar-refractivity contribution is 0.366. The normalized spacial score (nSPS) is 14.4. The van der Waals surface area contributed by atoms with E-state index < -0.39 is 6.04 Å². The molecular formula is C18H18N8O3. The number of aliphatic imine (C=N–C) groups is 1. The highest BCUT2D eigenvalue weighted by Gasteiger charge is 2.33. The molecule has 148 valence electrons. The molecule has 1 aliphatic heterocycles. The molecule has 0 fully saturated rings. The van der Waals surface area contributed by atoms with Crippen molar-refractivity contribution in [1.82, 2.24) is 10.3 Å². The van der Waals surface area contributed by atoms with Gasteiger partial charge in [0.15, 0.2) is 6.19 Å². The summed E-state index contributed by atoms with van der Waals surface area (Å²) >= 11 is 0. The maximum atomic E-state index is 9.44. The molecule has 0 spiro atoms. The molecule has 2 aromatic rings. The van der Waals surface area contributed by atoms with Gasteiger partial charge in [-0.25, -0.2) is 9.98 Å². The monoisotopic (exact) mass is 394 g/mol. The molecule has 1 atom stereocenters. The molecule has 0 radical (unpaired) electrons. The van der Waals surface area contributed by atoms with Crippen LogP contribution >= 0.6 is 0 Å². The van der Waals surface area contributed by atoms with E-state index in [0.29, 0.717) is 28.4 Å². The van der Waals surface area contributed by atoms with Crippen LogP contribution < -0.4 is 36.3 Å². The summed E-state index contributed by atoms with van der Waals surface area (Å²) in [6, 6.07) is 4.48. The predicted octanol–water partition coefficient (Wildman–Crippen LogP) is 1.09. The predicted molar refractivity (Wildman–Crippen MR) is 106 cm³/mol. The SMILES string of the molecule is COc1cc(OC)c(C2N=C(NC#N)Nc3nc(N)c(C#N)c(N)c32)c(OC)c1. The molecule has 29 heavy (non-hydrogen) atoms. The number of fused-ring (bicyclic) bond motifs is 1. The molecule has 11 nitrogen and oxygen atoms in total. The number of benzene rings is 1. The third kappa shape index (κ3) is 3.21. The van der Waals surface area contributed by atoms with E-state index >= 15 is 0 Å². The number of nitrogens with zero attached hydrogens (tertiary/aromatic N) is 4. The van der Waals surface area contributed by atoms with Gasteiger partial charge in [0.25, 0.3) is 0 Å². The highest BCUT2D eigenvalue weighted by atomic mass is 16.5. The first kappa shape index (κ1) is 19.4. The van der Waals surface area contributed by atoms with E-state index in [1.807, 2.05) is 6.07 Å². The number of nitrogen functional groups attached to an aromatic ring is 2. The van der Waals surface area contributed by atoms with Crippen molar-refractivity contribution in [2.24, 2.45) is 4.99 Å². The molecule has 1 aromatic heterocycles. The van der Waals surface area contributed by atoms with Crippen LogP contribution in [0.5, 0.6) is 17.2 Å². The summed E-state index contributed by atoms with van der Waals surface area (Å²) in [7, 11) is 4.50. The van der Waals surface area contributed by atoms with E-state index in [2.05, 4.69) is 20.6 Å². The Labute approximate surface area is 166 Å². The van der Waals surface area contributed by atoms with Crippen molar-refractivity contribution in [2.45, 2.75) is 6.04 Å². The van der Waals surface area contributed by atoms with Gasteiger partial charge in [-0.15, -0.1) is 0 Å². The highest BCUT2D eigenvalue weighted by molar-refractivity contribution is 5.98. The van der Waals surface area contributed by atoms with Crippen LogP contribution in [0.1, 0.15) is 22.7 Å². The fraction of sp³-hybridized carbons (Fsp3) is 0.222. The Hall–Kier alpha value is -4.38. The molecule has 1 aromatic carbocycles. The van der Waals surface area contributed by atoms with Gasteiger partial charge < -0.3 is 31.0 Å². The van der Waals surface area contributed by atoms with E-state index in [-0.39, 0.29) is 28.8 Å². The second-order valence-electron chi connectivity index (χ2n) is 5.85. The number of nitrogens with one attached hydrogen (secondary N) is 2. The average Bonchev–Trinajstić information content (AvgIpc) is 2.72. The van der Waals surface area contributed by atoms with Gasteiger partial charge in [0.1, 0.15) is 46.6 Å². The van der Waals surface area contributed by atoms with Crippen LogP contribution in [0.3, 0.4) is 0 Å². The summed E-state index contributed by atoms with van der Waals surface area (Å²) in [6.07, 6.45) is 1.80. The van der Waals surface area contributed by atoms with Gasteiger partial charge >= 0.3 is 0 Å². The first-order chi connectivity index (χ1) is 14.0. The molecule has 1 unspecified atom stereocenters. The number of ether oxygens (including phenoxy) is 3. The minimum atomic E-state index is -0.807. The minimum Gasteiger partial charge on any atom is -0.496 e. The minimum absolute atomic E-state index is 0.0360. The number of pyridine rings is 1. The Bertz CT molecular complexity index is 1060. The van der Waals surface area contributed by atoms with Crippen molar-refractivity contribution >= 4 is 23.3 Å². The van der Waals surface area contributed by atoms with Crippen molar-refractivity contribution in [3.05, 3.63) is 28.8 Å². The van der Waals surface area contributed by atoms with Crippen LogP contribution in [0.2, 0.25) is 0 Å². The Morgan fingerprint density at radius 1 is 1.07 bits per heavy atom. The van der Waals surface area contributed by atoms with E-state index in [1.165, 1.54) is 21.3 Å². The molecule has 0 aliphatic carbocycles. The van der Waals surface area contributed by atoms with Gasteiger partial charge in [0.05, 0.1) is 32.6 Å². The summed E-state index contributed by atoms with van der Waals surface area (Å²) in [4.78, 5) is 8.75. The topological polar surface area (TPSA) is 177 Å². The van der Waals surface area contributed by atoms with Crippen LogP contribution in [0.4, 0.5) is 17.3 Å². The Morgan fingerprint density at radius 3 is 2.24 bits per heavy atom. The molecule has 11 heteroatoms. The maximum Gasteiger partial charge on any atom is 0.211 e. The molecule has 0 bridgehead atoms. The van der Waals surface area contributed by atoms with Crippen molar-refractivity contribution < 1.29 is 14.2 Å². The van der Waals surface area contributed by atoms with E-state index in [4.69, 9.17) is 30.9 Å². The van der Waals surface area contributed by atoms with Crippen molar-refractivity contribution in [3.8, 4) is 29.5 Å². The second-order valence-corrected chi connectivity index (χ2v) is 5.85. The molecule has 0 saturated carbocycles. The number of guanidine groups is 1. The number of nitriles is 2. The molecule has 2 heterocycles. The van der Waals surface area contributed by atoms with Gasteiger partial charge in [-0.2, -0.15) is 10.5 Å². The first-order valence-corrected chi connectivity index (χ1v) is 8.27. The quantitative estimate of drug-likeness (QED) is 0.433. The largest absolute Gasteiger partial charge is 0.496 e. The van der Waals surface area contributed by atoms with Crippen LogP contribution in [0, 0.1) is 22.8 Å². The molecule has 0 saturated heterocycles. The summed E-state index contributed by atoms with van der Waals surface area (Å²) in [5.41, 5.74) is 13.2. The molecule has 3 rings (SSSR count). The van der Waals surface area contributed by atoms with E-state index in [0.717, 1.165) is 0 Å². The molecule has 1 aliphatic rings. The summed E-state index contributed by atoms with van der Waals surface area (Å²) in [5, 5.41) is 23.8. The van der Waals surface area contributed by atoms with Crippen LogP contribution in [-0.2, 0) is 0 Å². The number of hydrogen-bond donors (Lipinski definition) is 4. The highest BCUT2D eigenvalue weighted by Crippen LogP contribution is 2.47. The smallest absolute Gasteiger partial charge is 0.211 e. The van der Waals surface area contributed by atoms with Gasteiger partial charge in [-0.1, -0.05) is 0 Å². The first-order valence-electron chi connectivity index (χ1n) is 8.27. The molecule has 0 amide bonds. The lowest BCUT2D eigenvalue weighted by Gasteiger charge is -2.28. The van der Waals surface area contributed by atoms with Crippen molar-refractivity contribution in [3.63, 3.8) is 0 Å². The standard InChI is InChI=1S/C18H18N8O3/c1-27-8-4-10(28-2)12(11(5-8)29-3)15-13-14(21)9(6-19)16(22)25-17(13)26-18(24-15)23-7-20/h4-5,15H,1-3H3,(H6,21,22,23,24,25,26). The summed E-state index contributed by atoms with van der Waals surface area (Å²) in [5.74, 6) is 1.68. The van der Waals surface area contributed by atoms with Crippen molar-refractivity contribution in [2.75, 3.05) is 38.1 Å². The average molecular weight is 394 g/mol. The fourth-order valence-electron chi connectivity index (χ4n) is 3.09. The zero-order valence-electron chi connectivity index (χ0n) is 15.9. The van der Waals surface area contributed by atoms with Gasteiger partial charge in [-0.3, -0.25) is 5.32 Å². The number of methoxy groups -OCH3 is 3. The summed E-state index contributed by atoms with van der Waals surface area (Å²) < 4.78 is 16.3. The van der Waals surface area contributed by atoms with Crippen molar-refractivity contribution in [1.29, 1.82) is 10.5 Å². The fourth-order valence-corrected chi connectivity index (χ4v) is 3.09. The van der Waals surface area contributed by atoms with Gasteiger partial charge in [0.2, 0.25) is 5.96 Å². The molecular weight excluding hydrogens is 376 g/mol.